The van der Waals surface area contributed by atoms with Gasteiger partial charge in [-0.15, -0.1) is 0 Å². The molecule has 0 atom stereocenters. The molecule has 1 N–H and O–H groups in total. The van der Waals surface area contributed by atoms with Crippen molar-refractivity contribution < 1.29 is 14.2 Å². The predicted octanol–water partition coefficient (Wildman–Crippen LogP) is 2.93. The molecule has 0 saturated carbocycles. The van der Waals surface area contributed by atoms with E-state index in [1.54, 1.807) is 7.11 Å². The highest BCUT2D eigenvalue weighted by Crippen LogP contribution is 2.23. The molecule has 1 aromatic carbocycles. The molecule has 4 nitrogen and oxygen atoms in total. The van der Waals surface area contributed by atoms with Gasteiger partial charge in [-0.3, -0.25) is 0 Å². The van der Waals surface area contributed by atoms with Gasteiger partial charge in [0.15, 0.2) is 0 Å². The molecule has 0 aliphatic carbocycles. The van der Waals surface area contributed by atoms with Crippen molar-refractivity contribution in [3.63, 3.8) is 0 Å². The first-order valence-corrected chi connectivity index (χ1v) is 7.78. The summed E-state index contributed by atoms with van der Waals surface area (Å²) in [5.41, 5.74) is 2.38. The Kier molecular flexibility index (Phi) is 9.87. The molecule has 1 aromatic rings. The number of benzene rings is 1. The number of hydrogen-bond donors (Lipinski definition) is 1. The number of methoxy groups -OCH3 is 1. The van der Waals surface area contributed by atoms with E-state index in [2.05, 4.69) is 37.4 Å². The van der Waals surface area contributed by atoms with Crippen LogP contribution in [0.15, 0.2) is 18.2 Å². The number of para-hydroxylation sites is 1. The van der Waals surface area contributed by atoms with Gasteiger partial charge in [0.1, 0.15) is 12.4 Å². The highest BCUT2D eigenvalue weighted by molar-refractivity contribution is 5.40. The number of nitrogens with one attached hydrogen (secondary N) is 1. The minimum absolute atomic E-state index is 0.582. The maximum absolute atomic E-state index is 5.91. The number of rotatable bonds is 12. The summed E-state index contributed by atoms with van der Waals surface area (Å²) in [5, 5.41) is 3.42. The standard InChI is InChI=1S/C17H29NO3/c1-4-9-18-14-16-8-5-7-15(2)17(16)21-13-12-20-11-6-10-19-3/h5,7-8,18H,4,6,9-14H2,1-3H3. The Morgan fingerprint density at radius 2 is 1.95 bits per heavy atom. The van der Waals surface area contributed by atoms with Crippen molar-refractivity contribution in [3.05, 3.63) is 29.3 Å². The van der Waals surface area contributed by atoms with E-state index < -0.39 is 0 Å². The zero-order valence-corrected chi connectivity index (χ0v) is 13.6. The Morgan fingerprint density at radius 3 is 2.71 bits per heavy atom. The van der Waals surface area contributed by atoms with Crippen LogP contribution in [0.2, 0.25) is 0 Å². The molecule has 0 fully saturated rings. The summed E-state index contributed by atoms with van der Waals surface area (Å²) in [6.07, 6.45) is 2.06. The van der Waals surface area contributed by atoms with Crippen molar-refractivity contribution in [2.24, 2.45) is 0 Å². The van der Waals surface area contributed by atoms with Crippen LogP contribution < -0.4 is 10.1 Å². The molecule has 21 heavy (non-hydrogen) atoms. The Balaban J connectivity index is 2.35. The van der Waals surface area contributed by atoms with Crippen LogP contribution in [0.1, 0.15) is 30.9 Å². The molecule has 0 heterocycles. The molecule has 4 heteroatoms. The molecule has 0 aromatic heterocycles. The minimum Gasteiger partial charge on any atom is -0.491 e. The van der Waals surface area contributed by atoms with Crippen molar-refractivity contribution >= 4 is 0 Å². The van der Waals surface area contributed by atoms with Crippen molar-refractivity contribution in [3.8, 4) is 5.75 Å². The lowest BCUT2D eigenvalue weighted by Crippen LogP contribution is -2.16. The fraction of sp³-hybridized carbons (Fsp3) is 0.647. The van der Waals surface area contributed by atoms with Crippen LogP contribution in [-0.2, 0) is 16.0 Å². The zero-order chi connectivity index (χ0) is 15.3. The van der Waals surface area contributed by atoms with Crippen LogP contribution in [0.4, 0.5) is 0 Å². The van der Waals surface area contributed by atoms with Crippen LogP contribution in [0.3, 0.4) is 0 Å². The molecule has 1 rings (SSSR count). The van der Waals surface area contributed by atoms with Gasteiger partial charge in [0.25, 0.3) is 0 Å². The van der Waals surface area contributed by atoms with E-state index in [0.29, 0.717) is 13.2 Å². The fourth-order valence-corrected chi connectivity index (χ4v) is 2.07. The zero-order valence-electron chi connectivity index (χ0n) is 13.6. The van der Waals surface area contributed by atoms with Gasteiger partial charge < -0.3 is 19.5 Å². The van der Waals surface area contributed by atoms with Crippen LogP contribution in [0.25, 0.3) is 0 Å². The van der Waals surface area contributed by atoms with Crippen LogP contribution in [0, 0.1) is 6.92 Å². The van der Waals surface area contributed by atoms with Crippen molar-refractivity contribution in [2.45, 2.75) is 33.2 Å². The van der Waals surface area contributed by atoms with Gasteiger partial charge in [-0.1, -0.05) is 25.1 Å². The lowest BCUT2D eigenvalue weighted by molar-refractivity contribution is 0.0802. The smallest absolute Gasteiger partial charge is 0.126 e. The van der Waals surface area contributed by atoms with Crippen LogP contribution in [-0.4, -0.2) is 40.1 Å². The third kappa shape index (κ3) is 7.46. The lowest BCUT2D eigenvalue weighted by Gasteiger charge is -2.15. The van der Waals surface area contributed by atoms with E-state index in [9.17, 15) is 0 Å². The maximum atomic E-state index is 5.91. The fourth-order valence-electron chi connectivity index (χ4n) is 2.07. The number of ether oxygens (including phenoxy) is 3. The van der Waals surface area contributed by atoms with Gasteiger partial charge in [-0.05, 0) is 31.9 Å². The summed E-state index contributed by atoms with van der Waals surface area (Å²) in [5.74, 6) is 0.988. The molecule has 0 unspecified atom stereocenters. The Labute approximate surface area is 128 Å². The highest BCUT2D eigenvalue weighted by Gasteiger charge is 2.06. The minimum atomic E-state index is 0.582. The molecule has 0 spiro atoms. The van der Waals surface area contributed by atoms with E-state index in [4.69, 9.17) is 14.2 Å². The van der Waals surface area contributed by atoms with E-state index >= 15 is 0 Å². The average Bonchev–Trinajstić information content (AvgIpc) is 2.49. The molecular formula is C17H29NO3. The first kappa shape index (κ1) is 18.0. The van der Waals surface area contributed by atoms with Crippen molar-refractivity contribution in [1.82, 2.24) is 5.32 Å². The molecule has 0 amide bonds. The number of hydrogen-bond acceptors (Lipinski definition) is 4. The molecule has 0 radical (unpaired) electrons. The average molecular weight is 295 g/mol. The van der Waals surface area contributed by atoms with Crippen molar-refractivity contribution in [1.29, 1.82) is 0 Å². The largest absolute Gasteiger partial charge is 0.491 e. The summed E-state index contributed by atoms with van der Waals surface area (Å²) >= 11 is 0. The second kappa shape index (κ2) is 11.5. The lowest BCUT2D eigenvalue weighted by atomic mass is 10.1. The predicted molar refractivity (Wildman–Crippen MR) is 86.0 cm³/mol. The highest BCUT2D eigenvalue weighted by atomic mass is 16.5. The summed E-state index contributed by atoms with van der Waals surface area (Å²) in [6, 6.07) is 6.27. The Bertz CT molecular complexity index is 382. The molecular weight excluding hydrogens is 266 g/mol. The summed E-state index contributed by atoms with van der Waals surface area (Å²) < 4.78 is 16.4. The van der Waals surface area contributed by atoms with Gasteiger partial charge in [0, 0.05) is 32.4 Å². The van der Waals surface area contributed by atoms with Crippen LogP contribution in [0.5, 0.6) is 5.75 Å². The van der Waals surface area contributed by atoms with Gasteiger partial charge in [-0.2, -0.15) is 0 Å². The van der Waals surface area contributed by atoms with Gasteiger partial charge in [0.2, 0.25) is 0 Å². The van der Waals surface area contributed by atoms with Crippen molar-refractivity contribution in [2.75, 3.05) is 40.1 Å². The molecule has 0 saturated heterocycles. The Hall–Kier alpha value is -1.10. The second-order valence-corrected chi connectivity index (χ2v) is 5.05. The van der Waals surface area contributed by atoms with Gasteiger partial charge in [-0.25, -0.2) is 0 Å². The first-order valence-electron chi connectivity index (χ1n) is 7.78. The van der Waals surface area contributed by atoms with E-state index in [1.807, 2.05) is 0 Å². The molecule has 0 bridgehead atoms. The molecule has 120 valence electrons. The van der Waals surface area contributed by atoms with E-state index in [-0.39, 0.29) is 0 Å². The number of aryl methyl sites for hydroxylation is 1. The van der Waals surface area contributed by atoms with E-state index in [0.717, 1.165) is 44.9 Å². The third-order valence-corrected chi connectivity index (χ3v) is 3.15. The second-order valence-electron chi connectivity index (χ2n) is 5.05. The van der Waals surface area contributed by atoms with Gasteiger partial charge in [0.05, 0.1) is 6.61 Å². The SMILES string of the molecule is CCCNCc1cccc(C)c1OCCOCCCOC. The first-order chi connectivity index (χ1) is 10.3. The summed E-state index contributed by atoms with van der Waals surface area (Å²) in [7, 11) is 1.70. The maximum Gasteiger partial charge on any atom is 0.126 e. The Morgan fingerprint density at radius 1 is 1.10 bits per heavy atom. The summed E-state index contributed by atoms with van der Waals surface area (Å²) in [4.78, 5) is 0. The summed E-state index contributed by atoms with van der Waals surface area (Å²) in [6.45, 7) is 8.77. The quantitative estimate of drug-likeness (QED) is 0.602. The molecule has 0 aliphatic heterocycles. The third-order valence-electron chi connectivity index (χ3n) is 3.15. The topological polar surface area (TPSA) is 39.7 Å². The van der Waals surface area contributed by atoms with E-state index in [1.165, 1.54) is 11.1 Å². The van der Waals surface area contributed by atoms with Gasteiger partial charge >= 0.3 is 0 Å². The molecule has 0 aliphatic rings. The van der Waals surface area contributed by atoms with Crippen LogP contribution >= 0.6 is 0 Å². The normalized spacial score (nSPS) is 10.8. The monoisotopic (exact) mass is 295 g/mol.